The molecular formula is C24H38O3. The molecule has 0 aromatic heterocycles. The van der Waals surface area contributed by atoms with Gasteiger partial charge < -0.3 is 4.74 Å². The first-order chi connectivity index (χ1) is 12.9. The van der Waals surface area contributed by atoms with E-state index in [9.17, 15) is 9.59 Å². The van der Waals surface area contributed by atoms with Crippen molar-refractivity contribution in [2.75, 3.05) is 0 Å². The van der Waals surface area contributed by atoms with Crippen molar-refractivity contribution in [1.82, 2.24) is 0 Å². The highest BCUT2D eigenvalue weighted by molar-refractivity contribution is 5.79. The number of hydrogen-bond donors (Lipinski definition) is 0. The number of fused-ring (bicyclic) bond motifs is 5. The quantitative estimate of drug-likeness (QED) is 0.593. The van der Waals surface area contributed by atoms with Crippen molar-refractivity contribution < 1.29 is 14.3 Å². The Bertz CT molecular complexity index is 598. The first kappa shape index (κ1) is 19.5. The molecule has 4 fully saturated rings. The van der Waals surface area contributed by atoms with Crippen LogP contribution in [-0.4, -0.2) is 17.9 Å². The second kappa shape index (κ2) is 7.19. The van der Waals surface area contributed by atoms with Gasteiger partial charge in [0.1, 0.15) is 11.9 Å². The van der Waals surface area contributed by atoms with Gasteiger partial charge in [-0.3, -0.25) is 9.59 Å². The van der Waals surface area contributed by atoms with Crippen molar-refractivity contribution in [2.24, 2.45) is 34.5 Å². The lowest BCUT2D eigenvalue weighted by Gasteiger charge is -2.60. The molecule has 4 saturated carbocycles. The van der Waals surface area contributed by atoms with Crippen molar-refractivity contribution >= 4 is 11.8 Å². The number of rotatable bonds is 4. The zero-order valence-corrected chi connectivity index (χ0v) is 17.6. The Morgan fingerprint density at radius 3 is 2.59 bits per heavy atom. The van der Waals surface area contributed by atoms with Gasteiger partial charge in [0.15, 0.2) is 0 Å². The van der Waals surface area contributed by atoms with Crippen LogP contribution in [0.1, 0.15) is 97.8 Å². The monoisotopic (exact) mass is 374 g/mol. The van der Waals surface area contributed by atoms with Crippen LogP contribution in [-0.2, 0) is 14.3 Å². The topological polar surface area (TPSA) is 43.4 Å². The predicted octanol–water partition coefficient (Wildman–Crippen LogP) is 5.70. The van der Waals surface area contributed by atoms with Gasteiger partial charge in [0.05, 0.1) is 0 Å². The minimum Gasteiger partial charge on any atom is -0.462 e. The minimum absolute atomic E-state index is 0.0207. The van der Waals surface area contributed by atoms with Crippen LogP contribution in [0.15, 0.2) is 0 Å². The number of unbranched alkanes of at least 4 members (excludes halogenated alkanes) is 1. The summed E-state index contributed by atoms with van der Waals surface area (Å²) in [6.07, 6.45) is 12.7. The molecule has 0 radical (unpaired) electrons. The van der Waals surface area contributed by atoms with Crippen LogP contribution in [0, 0.1) is 34.5 Å². The Hall–Kier alpha value is -0.860. The largest absolute Gasteiger partial charge is 0.462 e. The third kappa shape index (κ3) is 3.17. The average molecular weight is 375 g/mol. The van der Waals surface area contributed by atoms with E-state index >= 15 is 0 Å². The lowest BCUT2D eigenvalue weighted by molar-refractivity contribution is -0.164. The summed E-state index contributed by atoms with van der Waals surface area (Å²) < 4.78 is 6.03. The standard InChI is InChI=1S/C24H38O3/c1-4-5-6-22(26)27-21-10-9-19-18-8-7-16-15-17(25)11-13-23(16,2)20(18)12-14-24(19,21)3/h16,18-21H,4-15H2,1-3H3/t16-,18-,19-,20-,21?,23-,24-/m0/s1. The van der Waals surface area contributed by atoms with E-state index in [4.69, 9.17) is 4.74 Å². The molecule has 3 heteroatoms. The third-order valence-corrected chi connectivity index (χ3v) is 9.40. The number of ketones is 1. The van der Waals surface area contributed by atoms with Crippen LogP contribution < -0.4 is 0 Å². The second-order valence-electron chi connectivity index (χ2n) is 10.6. The summed E-state index contributed by atoms with van der Waals surface area (Å²) in [5, 5.41) is 0. The number of hydrogen-bond acceptors (Lipinski definition) is 3. The molecule has 0 aromatic rings. The highest BCUT2D eigenvalue weighted by Gasteiger charge is 2.61. The smallest absolute Gasteiger partial charge is 0.306 e. The molecule has 152 valence electrons. The fraction of sp³-hybridized carbons (Fsp3) is 0.917. The van der Waals surface area contributed by atoms with Gasteiger partial charge in [-0.25, -0.2) is 0 Å². The van der Waals surface area contributed by atoms with Crippen LogP contribution in [0.2, 0.25) is 0 Å². The minimum atomic E-state index is 0.0207. The zero-order valence-electron chi connectivity index (χ0n) is 17.6. The molecule has 4 aliphatic carbocycles. The third-order valence-electron chi connectivity index (χ3n) is 9.40. The van der Waals surface area contributed by atoms with Crippen LogP contribution >= 0.6 is 0 Å². The van der Waals surface area contributed by atoms with Gasteiger partial charge in [-0.05, 0) is 80.5 Å². The summed E-state index contributed by atoms with van der Waals surface area (Å²) >= 11 is 0. The number of esters is 1. The van der Waals surface area contributed by atoms with E-state index in [0.717, 1.165) is 50.4 Å². The molecule has 0 heterocycles. The molecular weight excluding hydrogens is 336 g/mol. The Morgan fingerprint density at radius 2 is 1.81 bits per heavy atom. The molecule has 1 unspecified atom stereocenters. The second-order valence-corrected chi connectivity index (χ2v) is 10.6. The molecule has 4 rings (SSSR count). The fourth-order valence-electron chi connectivity index (χ4n) is 7.73. The summed E-state index contributed by atoms with van der Waals surface area (Å²) in [4.78, 5) is 24.3. The van der Waals surface area contributed by atoms with E-state index in [1.165, 1.54) is 32.1 Å². The van der Waals surface area contributed by atoms with E-state index < -0.39 is 0 Å². The van der Waals surface area contributed by atoms with Crippen LogP contribution in [0.3, 0.4) is 0 Å². The van der Waals surface area contributed by atoms with Crippen molar-refractivity contribution in [2.45, 2.75) is 104 Å². The molecule has 0 spiro atoms. The van der Waals surface area contributed by atoms with E-state index in [0.29, 0.717) is 29.5 Å². The van der Waals surface area contributed by atoms with Gasteiger partial charge in [-0.2, -0.15) is 0 Å². The fourth-order valence-corrected chi connectivity index (χ4v) is 7.73. The molecule has 0 aromatic carbocycles. The van der Waals surface area contributed by atoms with Gasteiger partial charge in [-0.15, -0.1) is 0 Å². The van der Waals surface area contributed by atoms with Gasteiger partial charge >= 0.3 is 5.97 Å². The molecule has 27 heavy (non-hydrogen) atoms. The molecule has 7 atom stereocenters. The molecule has 0 bridgehead atoms. The van der Waals surface area contributed by atoms with Crippen molar-refractivity contribution in [1.29, 1.82) is 0 Å². The Balaban J connectivity index is 1.49. The van der Waals surface area contributed by atoms with E-state index in [2.05, 4.69) is 20.8 Å². The first-order valence-corrected chi connectivity index (χ1v) is 11.6. The maximum absolute atomic E-state index is 12.3. The van der Waals surface area contributed by atoms with E-state index in [1.807, 2.05) is 0 Å². The highest BCUT2D eigenvalue weighted by Crippen LogP contribution is 2.66. The Kier molecular flexibility index (Phi) is 5.18. The van der Waals surface area contributed by atoms with Gasteiger partial charge in [0.2, 0.25) is 0 Å². The van der Waals surface area contributed by atoms with E-state index in [-0.39, 0.29) is 17.5 Å². The number of ether oxygens (including phenoxy) is 1. The molecule has 0 saturated heterocycles. The summed E-state index contributed by atoms with van der Waals surface area (Å²) in [6.45, 7) is 7.04. The number of carbonyl (C=O) groups excluding carboxylic acids is 2. The van der Waals surface area contributed by atoms with Gasteiger partial charge in [0, 0.05) is 24.7 Å². The van der Waals surface area contributed by atoms with Gasteiger partial charge in [-0.1, -0.05) is 27.2 Å². The maximum Gasteiger partial charge on any atom is 0.306 e. The summed E-state index contributed by atoms with van der Waals surface area (Å²) in [7, 11) is 0. The normalized spacial score (nSPS) is 46.3. The van der Waals surface area contributed by atoms with Crippen molar-refractivity contribution in [3.05, 3.63) is 0 Å². The van der Waals surface area contributed by atoms with Crippen LogP contribution in [0.5, 0.6) is 0 Å². The van der Waals surface area contributed by atoms with Crippen molar-refractivity contribution in [3.63, 3.8) is 0 Å². The molecule has 3 nitrogen and oxygen atoms in total. The van der Waals surface area contributed by atoms with E-state index in [1.54, 1.807) is 0 Å². The predicted molar refractivity (Wildman–Crippen MR) is 106 cm³/mol. The number of carbonyl (C=O) groups is 2. The lowest BCUT2D eigenvalue weighted by Crippen LogP contribution is -2.54. The highest BCUT2D eigenvalue weighted by atomic mass is 16.5. The molecule has 0 aliphatic heterocycles. The Morgan fingerprint density at radius 1 is 1.04 bits per heavy atom. The summed E-state index contributed by atoms with van der Waals surface area (Å²) in [5.41, 5.74) is 0.546. The molecule has 0 N–H and O–H groups in total. The first-order valence-electron chi connectivity index (χ1n) is 11.6. The van der Waals surface area contributed by atoms with Gasteiger partial charge in [0.25, 0.3) is 0 Å². The maximum atomic E-state index is 12.3. The zero-order chi connectivity index (χ0) is 19.2. The van der Waals surface area contributed by atoms with Crippen LogP contribution in [0.25, 0.3) is 0 Å². The average Bonchev–Trinajstić information content (AvgIpc) is 2.97. The summed E-state index contributed by atoms with van der Waals surface area (Å²) in [6, 6.07) is 0. The molecule has 4 aliphatic rings. The lowest BCUT2D eigenvalue weighted by atomic mass is 9.45. The molecule has 0 amide bonds. The van der Waals surface area contributed by atoms with Crippen molar-refractivity contribution in [3.8, 4) is 0 Å². The number of Topliss-reactive ketones (excluding diaryl/α,β-unsaturated/α-hetero) is 1. The SMILES string of the molecule is CCCCC(=O)OC1CC[C@H]2[C@@H]3CC[C@H]4CC(=O)CC[C@]4(C)[C@H]3CC[C@]12C. The summed E-state index contributed by atoms with van der Waals surface area (Å²) in [5.74, 6) is 3.39. The Labute approximate surface area is 165 Å². The van der Waals surface area contributed by atoms with Crippen LogP contribution in [0.4, 0.5) is 0 Å².